The summed E-state index contributed by atoms with van der Waals surface area (Å²) < 4.78 is 11.1. The second-order valence-electron chi connectivity index (χ2n) is 8.18. The molecule has 0 unspecified atom stereocenters. The number of furan rings is 1. The van der Waals surface area contributed by atoms with Crippen molar-refractivity contribution in [2.24, 2.45) is 5.92 Å². The van der Waals surface area contributed by atoms with Gasteiger partial charge < -0.3 is 24.3 Å². The number of anilines is 2. The summed E-state index contributed by atoms with van der Waals surface area (Å²) in [4.78, 5) is 29.0. The number of nitrogens with one attached hydrogen (secondary N) is 1. The predicted octanol–water partition coefficient (Wildman–Crippen LogP) is 3.76. The van der Waals surface area contributed by atoms with Crippen LogP contribution in [-0.2, 0) is 16.1 Å². The molecule has 0 saturated carbocycles. The Morgan fingerprint density at radius 1 is 1.23 bits per heavy atom. The van der Waals surface area contributed by atoms with Crippen LogP contribution in [0, 0.1) is 5.92 Å². The monoisotopic (exact) mass is 413 g/mol. The average Bonchev–Trinajstić information content (AvgIpc) is 3.41. The summed E-state index contributed by atoms with van der Waals surface area (Å²) >= 11 is 0. The van der Waals surface area contributed by atoms with Crippen molar-refractivity contribution < 1.29 is 18.7 Å². The molecule has 7 heteroatoms. The van der Waals surface area contributed by atoms with E-state index >= 15 is 0 Å². The molecule has 1 N–H and O–H groups in total. The molecule has 1 aromatic heterocycles. The van der Waals surface area contributed by atoms with Gasteiger partial charge in [0.05, 0.1) is 12.4 Å². The van der Waals surface area contributed by atoms with E-state index in [1.165, 1.54) is 6.26 Å². The van der Waals surface area contributed by atoms with Crippen LogP contribution in [0.1, 0.15) is 42.8 Å². The number of rotatable bonds is 8. The van der Waals surface area contributed by atoms with Gasteiger partial charge in [-0.25, -0.2) is 0 Å². The lowest BCUT2D eigenvalue weighted by molar-refractivity contribution is -0.118. The number of hydrogen-bond donors (Lipinski definition) is 1. The van der Waals surface area contributed by atoms with E-state index in [9.17, 15) is 9.59 Å². The molecule has 2 heterocycles. The second kappa shape index (κ2) is 9.80. The number of benzene rings is 1. The third kappa shape index (κ3) is 5.42. The third-order valence-corrected chi connectivity index (χ3v) is 5.18. The van der Waals surface area contributed by atoms with Crippen LogP contribution in [0.2, 0.25) is 0 Å². The molecular formula is C23H31N3O4. The van der Waals surface area contributed by atoms with Crippen molar-refractivity contribution in [2.45, 2.75) is 39.3 Å². The van der Waals surface area contributed by atoms with E-state index in [1.807, 2.05) is 51.0 Å². The van der Waals surface area contributed by atoms with E-state index < -0.39 is 0 Å². The number of carbonyl (C=O) groups is 2. The van der Waals surface area contributed by atoms with Crippen LogP contribution in [0.3, 0.4) is 0 Å². The lowest BCUT2D eigenvalue weighted by Gasteiger charge is -2.27. The maximum absolute atomic E-state index is 13.1. The van der Waals surface area contributed by atoms with Gasteiger partial charge in [-0.05, 0) is 48.7 Å². The minimum absolute atomic E-state index is 0.0237. The summed E-state index contributed by atoms with van der Waals surface area (Å²) in [6.07, 6.45) is 3.47. The number of ether oxygens (including phenoxy) is 1. The zero-order chi connectivity index (χ0) is 21.7. The lowest BCUT2D eigenvalue weighted by atomic mass is 10.1. The predicted molar refractivity (Wildman–Crippen MR) is 117 cm³/mol. The largest absolute Gasteiger partial charge is 0.459 e. The van der Waals surface area contributed by atoms with Crippen LogP contribution in [0.15, 0.2) is 41.0 Å². The molecule has 0 radical (unpaired) electrons. The van der Waals surface area contributed by atoms with E-state index in [-0.39, 0.29) is 23.8 Å². The zero-order valence-corrected chi connectivity index (χ0v) is 18.2. The van der Waals surface area contributed by atoms with Crippen molar-refractivity contribution in [2.75, 3.05) is 37.5 Å². The molecule has 3 rings (SSSR count). The lowest BCUT2D eigenvalue weighted by Crippen LogP contribution is -2.37. The van der Waals surface area contributed by atoms with Gasteiger partial charge in [0.25, 0.3) is 5.91 Å². The average molecular weight is 414 g/mol. The molecule has 1 aromatic carbocycles. The van der Waals surface area contributed by atoms with Gasteiger partial charge in [0.2, 0.25) is 5.91 Å². The molecule has 1 fully saturated rings. The first-order chi connectivity index (χ1) is 14.3. The maximum atomic E-state index is 13.1. The Bertz CT molecular complexity index is 855. The van der Waals surface area contributed by atoms with Crippen LogP contribution < -0.4 is 10.2 Å². The Morgan fingerprint density at radius 3 is 2.63 bits per heavy atom. The fourth-order valence-electron chi connectivity index (χ4n) is 3.53. The van der Waals surface area contributed by atoms with E-state index in [2.05, 4.69) is 5.32 Å². The van der Waals surface area contributed by atoms with Crippen LogP contribution in [0.25, 0.3) is 0 Å². The van der Waals surface area contributed by atoms with Gasteiger partial charge in [-0.2, -0.15) is 0 Å². The molecule has 0 bridgehead atoms. The second-order valence-corrected chi connectivity index (χ2v) is 8.18. The summed E-state index contributed by atoms with van der Waals surface area (Å²) in [6.45, 7) is 5.33. The maximum Gasteiger partial charge on any atom is 0.289 e. The van der Waals surface area contributed by atoms with E-state index in [1.54, 1.807) is 17.0 Å². The van der Waals surface area contributed by atoms with Gasteiger partial charge in [-0.15, -0.1) is 0 Å². The summed E-state index contributed by atoms with van der Waals surface area (Å²) in [5.41, 5.74) is 2.65. The normalized spacial score (nSPS) is 16.0. The van der Waals surface area contributed by atoms with E-state index in [4.69, 9.17) is 9.15 Å². The number of carbonyl (C=O) groups excluding carboxylic acids is 2. The smallest absolute Gasteiger partial charge is 0.289 e. The highest BCUT2D eigenvalue weighted by molar-refractivity contribution is 5.93. The van der Waals surface area contributed by atoms with Gasteiger partial charge in [-0.3, -0.25) is 9.59 Å². The van der Waals surface area contributed by atoms with Crippen molar-refractivity contribution >= 4 is 23.2 Å². The van der Waals surface area contributed by atoms with Crippen LogP contribution in [0.5, 0.6) is 0 Å². The van der Waals surface area contributed by atoms with Gasteiger partial charge in [0, 0.05) is 51.1 Å². The number of amides is 2. The van der Waals surface area contributed by atoms with Crippen molar-refractivity contribution in [3.8, 4) is 0 Å². The molecule has 7 nitrogen and oxygen atoms in total. The highest BCUT2D eigenvalue weighted by Gasteiger charge is 2.26. The molecule has 162 valence electrons. The zero-order valence-electron chi connectivity index (χ0n) is 18.2. The third-order valence-electron chi connectivity index (χ3n) is 5.18. The molecule has 0 spiro atoms. The summed E-state index contributed by atoms with van der Waals surface area (Å²) in [6, 6.07) is 9.18. The minimum atomic E-state index is -0.170. The first-order valence-electron chi connectivity index (χ1n) is 10.4. The Balaban J connectivity index is 1.88. The van der Waals surface area contributed by atoms with Crippen molar-refractivity contribution in [3.63, 3.8) is 0 Å². The topological polar surface area (TPSA) is 75.0 Å². The first-order valence-corrected chi connectivity index (χ1v) is 10.4. The van der Waals surface area contributed by atoms with E-state index in [0.29, 0.717) is 18.8 Å². The van der Waals surface area contributed by atoms with E-state index in [0.717, 1.165) is 36.4 Å². The fraction of sp³-hybridized carbons (Fsp3) is 0.478. The SMILES string of the molecule is CC(C)C(=O)Nc1ccc(N(C)C)c(CN(C[C@H]2CCCO2)C(=O)c2ccco2)c1. The van der Waals surface area contributed by atoms with Gasteiger partial charge in [-0.1, -0.05) is 13.8 Å². The Morgan fingerprint density at radius 2 is 2.03 bits per heavy atom. The highest BCUT2D eigenvalue weighted by atomic mass is 16.5. The van der Waals surface area contributed by atoms with Crippen molar-refractivity contribution in [1.82, 2.24) is 4.90 Å². The van der Waals surface area contributed by atoms with Crippen molar-refractivity contribution in [1.29, 1.82) is 0 Å². The summed E-state index contributed by atoms with van der Waals surface area (Å²) in [5, 5.41) is 2.95. The Kier molecular flexibility index (Phi) is 7.15. The molecule has 1 saturated heterocycles. The van der Waals surface area contributed by atoms with Gasteiger partial charge in [0.15, 0.2) is 5.76 Å². The molecular weight excluding hydrogens is 382 g/mol. The molecule has 2 amide bonds. The van der Waals surface area contributed by atoms with Gasteiger partial charge >= 0.3 is 0 Å². The molecule has 1 aliphatic heterocycles. The number of nitrogens with zero attached hydrogens (tertiary/aromatic N) is 2. The highest BCUT2D eigenvalue weighted by Crippen LogP contribution is 2.26. The summed E-state index contributed by atoms with van der Waals surface area (Å²) in [5.74, 6) is -0.0135. The standard InChI is InChI=1S/C23H31N3O4/c1-16(2)22(27)24-18-9-10-20(25(3)4)17(13-18)14-26(15-19-7-5-11-29-19)23(28)21-8-6-12-30-21/h6,8-10,12-13,16,19H,5,7,11,14-15H2,1-4H3,(H,24,27)/t19-/m1/s1. The van der Waals surface area contributed by atoms with Crippen LogP contribution in [-0.4, -0.2) is 50.1 Å². The van der Waals surface area contributed by atoms with Crippen LogP contribution in [0.4, 0.5) is 11.4 Å². The molecule has 30 heavy (non-hydrogen) atoms. The molecule has 2 aromatic rings. The summed E-state index contributed by atoms with van der Waals surface area (Å²) in [7, 11) is 3.92. The Hall–Kier alpha value is -2.80. The quantitative estimate of drug-likeness (QED) is 0.713. The van der Waals surface area contributed by atoms with Crippen molar-refractivity contribution in [3.05, 3.63) is 47.9 Å². The minimum Gasteiger partial charge on any atom is -0.459 e. The number of hydrogen-bond acceptors (Lipinski definition) is 5. The first kappa shape index (κ1) is 21.9. The molecule has 1 atom stereocenters. The molecule has 1 aliphatic rings. The van der Waals surface area contributed by atoms with Crippen LogP contribution >= 0.6 is 0 Å². The van der Waals surface area contributed by atoms with Gasteiger partial charge in [0.1, 0.15) is 0 Å². The Labute approximate surface area is 178 Å². The fourth-order valence-corrected chi connectivity index (χ4v) is 3.53. The molecule has 0 aliphatic carbocycles.